The summed E-state index contributed by atoms with van der Waals surface area (Å²) in [6.45, 7) is 3.54. The van der Waals surface area contributed by atoms with Crippen LogP contribution in [0.5, 0.6) is 0 Å². The number of hydrogen-bond acceptors (Lipinski definition) is 6. The third-order valence-electron chi connectivity index (χ3n) is 4.29. The van der Waals surface area contributed by atoms with Gasteiger partial charge in [0.1, 0.15) is 0 Å². The predicted octanol–water partition coefficient (Wildman–Crippen LogP) is 2.95. The van der Waals surface area contributed by atoms with Gasteiger partial charge in [0.25, 0.3) is 0 Å². The zero-order valence-corrected chi connectivity index (χ0v) is 19.4. The lowest BCUT2D eigenvalue weighted by Gasteiger charge is -2.17. The Morgan fingerprint density at radius 2 is 1.70 bits per heavy atom. The lowest BCUT2D eigenvalue weighted by molar-refractivity contribution is -0.192. The van der Waals surface area contributed by atoms with Crippen molar-refractivity contribution in [1.82, 2.24) is 10.2 Å². The van der Waals surface area contributed by atoms with Crippen LogP contribution < -0.4 is 5.32 Å². The van der Waals surface area contributed by atoms with Crippen LogP contribution >= 0.6 is 21.6 Å². The van der Waals surface area contributed by atoms with Crippen LogP contribution in [-0.2, 0) is 25.7 Å². The van der Waals surface area contributed by atoms with E-state index in [9.17, 15) is 27.6 Å². The molecule has 0 radical (unpaired) electrons. The predicted molar refractivity (Wildman–Crippen MR) is 119 cm³/mol. The van der Waals surface area contributed by atoms with Crippen LogP contribution in [0.2, 0.25) is 0 Å². The van der Waals surface area contributed by atoms with Crippen LogP contribution in [0.3, 0.4) is 0 Å². The molecule has 13 heteroatoms. The molecule has 33 heavy (non-hydrogen) atoms. The van der Waals surface area contributed by atoms with Crippen molar-refractivity contribution in [2.75, 3.05) is 24.6 Å². The molecule has 1 aliphatic heterocycles. The molecule has 1 fully saturated rings. The Morgan fingerprint density at radius 1 is 1.12 bits per heavy atom. The highest BCUT2D eigenvalue weighted by atomic mass is 33.1. The molecule has 1 aromatic carbocycles. The molecule has 1 saturated heterocycles. The van der Waals surface area contributed by atoms with E-state index in [1.165, 1.54) is 16.4 Å². The fourth-order valence-corrected chi connectivity index (χ4v) is 4.51. The van der Waals surface area contributed by atoms with Gasteiger partial charge in [-0.1, -0.05) is 51.4 Å². The minimum absolute atomic E-state index is 0.0179. The van der Waals surface area contributed by atoms with Crippen LogP contribution in [0.1, 0.15) is 24.0 Å². The van der Waals surface area contributed by atoms with Gasteiger partial charge in [0.15, 0.2) is 0 Å². The van der Waals surface area contributed by atoms with E-state index in [1.54, 1.807) is 15.7 Å². The molecule has 1 aliphatic rings. The number of hydrogen-bond donors (Lipinski definition) is 3. The van der Waals surface area contributed by atoms with E-state index in [-0.39, 0.29) is 30.6 Å². The number of carboxylic acid groups (broad SMARTS) is 2. The number of nitrogens with one attached hydrogen (secondary N) is 1. The molecule has 3 N–H and O–H groups in total. The first-order chi connectivity index (χ1) is 15.4. The zero-order chi connectivity index (χ0) is 25.0. The van der Waals surface area contributed by atoms with Gasteiger partial charge in [-0.05, 0) is 12.5 Å². The van der Waals surface area contributed by atoms with Gasteiger partial charge in [0.2, 0.25) is 11.8 Å². The average Bonchev–Trinajstić information content (AvgIpc) is 3.09. The number of rotatable bonds is 10. The number of carbonyl (C=O) groups excluding carboxylic acids is 2. The van der Waals surface area contributed by atoms with E-state index >= 15 is 0 Å². The summed E-state index contributed by atoms with van der Waals surface area (Å²) in [6.07, 6.45) is -4.68. The highest BCUT2D eigenvalue weighted by Gasteiger charge is 2.38. The van der Waals surface area contributed by atoms with Gasteiger partial charge in [-0.3, -0.25) is 14.4 Å². The Kier molecular flexibility index (Phi) is 12.1. The van der Waals surface area contributed by atoms with E-state index in [0.29, 0.717) is 31.1 Å². The minimum Gasteiger partial charge on any atom is -0.481 e. The molecule has 0 bridgehead atoms. The quantitative estimate of drug-likeness (QED) is 0.324. The first-order valence-corrected chi connectivity index (χ1v) is 12.3. The Balaban J connectivity index is 0.000000675. The smallest absolute Gasteiger partial charge is 0.481 e. The largest absolute Gasteiger partial charge is 0.490 e. The standard InChI is InChI=1S/C18H24N2O4S2.C2HF3O2/c1-13-2-4-14(5-3-13)11-20-12-15(10-16(20)21)18(24)19-7-9-26-25-8-6-17(22)23;3-2(4,5)1(6)7/h2-5,15H,6-12H2,1H3,(H,19,24)(H,22,23);(H,6,7). The number of aliphatic carboxylic acids is 2. The van der Waals surface area contributed by atoms with E-state index in [2.05, 4.69) is 5.32 Å². The number of carboxylic acids is 2. The van der Waals surface area contributed by atoms with Gasteiger partial charge >= 0.3 is 18.1 Å². The number of carbonyl (C=O) groups is 4. The van der Waals surface area contributed by atoms with Crippen molar-refractivity contribution in [3.05, 3.63) is 35.4 Å². The monoisotopic (exact) mass is 510 g/mol. The van der Waals surface area contributed by atoms with Crippen molar-refractivity contribution in [3.8, 4) is 0 Å². The van der Waals surface area contributed by atoms with Crippen molar-refractivity contribution in [1.29, 1.82) is 0 Å². The van der Waals surface area contributed by atoms with Crippen LogP contribution in [-0.4, -0.2) is 69.6 Å². The van der Waals surface area contributed by atoms with Crippen molar-refractivity contribution in [2.24, 2.45) is 5.92 Å². The topological polar surface area (TPSA) is 124 Å². The number of benzene rings is 1. The van der Waals surface area contributed by atoms with Crippen molar-refractivity contribution >= 4 is 45.3 Å². The summed E-state index contributed by atoms with van der Waals surface area (Å²) in [5, 5.41) is 18.5. The fraction of sp³-hybridized carbons (Fsp3) is 0.500. The molecule has 1 aromatic rings. The number of alkyl halides is 3. The maximum Gasteiger partial charge on any atom is 0.490 e. The Labute approximate surface area is 196 Å². The van der Waals surface area contributed by atoms with E-state index < -0.39 is 18.1 Å². The fourth-order valence-electron chi connectivity index (χ4n) is 2.62. The molecule has 0 saturated carbocycles. The molecule has 2 amide bonds. The maximum absolute atomic E-state index is 12.2. The first kappa shape index (κ1) is 28.6. The molecular weight excluding hydrogens is 485 g/mol. The van der Waals surface area contributed by atoms with Crippen LogP contribution in [0.4, 0.5) is 13.2 Å². The Morgan fingerprint density at radius 3 is 2.24 bits per heavy atom. The SMILES string of the molecule is Cc1ccc(CN2CC(C(=O)NCCSSCCC(=O)O)CC2=O)cc1.O=C(O)C(F)(F)F. The Bertz CT molecular complexity index is 821. The first-order valence-electron chi connectivity index (χ1n) is 9.77. The lowest BCUT2D eigenvalue weighted by atomic mass is 10.1. The highest BCUT2D eigenvalue weighted by Crippen LogP contribution is 2.22. The zero-order valence-electron chi connectivity index (χ0n) is 17.8. The third-order valence-corrected chi connectivity index (χ3v) is 6.70. The maximum atomic E-state index is 12.2. The lowest BCUT2D eigenvalue weighted by Crippen LogP contribution is -2.34. The molecule has 0 aromatic heterocycles. The van der Waals surface area contributed by atoms with Crippen molar-refractivity contribution in [3.63, 3.8) is 0 Å². The summed E-state index contributed by atoms with van der Waals surface area (Å²) < 4.78 is 31.7. The van der Waals surface area contributed by atoms with Crippen LogP contribution in [0, 0.1) is 12.8 Å². The number of aryl methyl sites for hydroxylation is 1. The molecule has 0 spiro atoms. The summed E-state index contributed by atoms with van der Waals surface area (Å²) in [4.78, 5) is 45.4. The van der Waals surface area contributed by atoms with E-state index in [1.807, 2.05) is 31.2 Å². The van der Waals surface area contributed by atoms with Crippen LogP contribution in [0.25, 0.3) is 0 Å². The summed E-state index contributed by atoms with van der Waals surface area (Å²) in [7, 11) is 3.04. The number of halogens is 3. The highest BCUT2D eigenvalue weighted by molar-refractivity contribution is 8.76. The van der Waals surface area contributed by atoms with Crippen molar-refractivity contribution in [2.45, 2.75) is 32.5 Å². The molecule has 1 heterocycles. The molecule has 1 unspecified atom stereocenters. The average molecular weight is 511 g/mol. The van der Waals surface area contributed by atoms with Gasteiger partial charge in [-0.25, -0.2) is 4.79 Å². The second-order valence-electron chi connectivity index (χ2n) is 7.04. The molecule has 8 nitrogen and oxygen atoms in total. The second-order valence-corrected chi connectivity index (χ2v) is 9.74. The van der Waals surface area contributed by atoms with Gasteiger partial charge in [0, 0.05) is 37.6 Å². The summed E-state index contributed by atoms with van der Waals surface area (Å²) in [5.74, 6) is -2.65. The molecular formula is C20H25F3N2O6S2. The second kappa shape index (κ2) is 14.0. The molecule has 2 rings (SSSR count). The third kappa shape index (κ3) is 11.9. The minimum atomic E-state index is -5.08. The molecule has 0 aliphatic carbocycles. The van der Waals surface area contributed by atoms with Crippen LogP contribution in [0.15, 0.2) is 24.3 Å². The van der Waals surface area contributed by atoms with Crippen molar-refractivity contribution < 1.29 is 42.6 Å². The van der Waals surface area contributed by atoms with E-state index in [0.717, 1.165) is 5.56 Å². The molecule has 1 atom stereocenters. The molecule has 184 valence electrons. The Hall–Kier alpha value is -2.41. The number of nitrogens with zero attached hydrogens (tertiary/aromatic N) is 1. The van der Waals surface area contributed by atoms with Gasteiger partial charge < -0.3 is 20.4 Å². The van der Waals surface area contributed by atoms with Gasteiger partial charge in [-0.2, -0.15) is 13.2 Å². The number of amides is 2. The summed E-state index contributed by atoms with van der Waals surface area (Å²) >= 11 is 0. The van der Waals surface area contributed by atoms with E-state index in [4.69, 9.17) is 15.0 Å². The summed E-state index contributed by atoms with van der Waals surface area (Å²) in [6, 6.07) is 8.06. The number of likely N-dealkylation sites (tertiary alicyclic amines) is 1. The van der Waals surface area contributed by atoms with Gasteiger partial charge in [-0.15, -0.1) is 0 Å². The van der Waals surface area contributed by atoms with Gasteiger partial charge in [0.05, 0.1) is 12.3 Å². The normalized spacial score (nSPS) is 15.6. The summed E-state index contributed by atoms with van der Waals surface area (Å²) in [5.41, 5.74) is 2.25.